The van der Waals surface area contributed by atoms with E-state index in [-0.39, 0.29) is 17.6 Å². The molecule has 0 spiro atoms. The van der Waals surface area contributed by atoms with E-state index >= 15 is 0 Å². The molecule has 0 aliphatic heterocycles. The van der Waals surface area contributed by atoms with E-state index in [0.29, 0.717) is 10.8 Å². The van der Waals surface area contributed by atoms with Gasteiger partial charge in [-0.05, 0) is 53.5 Å². The molecule has 2 amide bonds. The van der Waals surface area contributed by atoms with Crippen molar-refractivity contribution < 1.29 is 14.3 Å². The van der Waals surface area contributed by atoms with Gasteiger partial charge in [0.2, 0.25) is 5.91 Å². The number of hydrazine groups is 1. The molecule has 0 aliphatic rings. The Morgan fingerprint density at radius 1 is 1.10 bits per heavy atom. The topological polar surface area (TPSA) is 79.5 Å². The van der Waals surface area contributed by atoms with Crippen LogP contribution in [0.2, 0.25) is 5.02 Å². The molecule has 8 heteroatoms. The molecule has 0 unspecified atom stereocenters. The molecule has 0 heterocycles. The lowest BCUT2D eigenvalue weighted by Crippen LogP contribution is -2.49. The second-order valence-corrected chi connectivity index (χ2v) is 7.20. The molecule has 152 valence electrons. The lowest BCUT2D eigenvalue weighted by atomic mass is 10.0. The molecule has 0 radical (unpaired) electrons. The second kappa shape index (κ2) is 11.2. The Labute approximate surface area is 180 Å². The van der Waals surface area contributed by atoms with Gasteiger partial charge < -0.3 is 4.74 Å². The van der Waals surface area contributed by atoms with Crippen LogP contribution < -0.4 is 20.9 Å². The van der Waals surface area contributed by atoms with Crippen molar-refractivity contribution in [1.29, 1.82) is 0 Å². The fraction of sp³-hybridized carbons (Fsp3) is 0.190. The van der Waals surface area contributed by atoms with Crippen LogP contribution >= 0.6 is 23.8 Å². The van der Waals surface area contributed by atoms with E-state index in [1.54, 1.807) is 30.3 Å². The number of rotatable bonds is 6. The predicted octanol–water partition coefficient (Wildman–Crippen LogP) is 3.58. The number of amides is 2. The molecule has 0 atom stereocenters. The molecule has 2 aromatic carbocycles. The van der Waals surface area contributed by atoms with Crippen LogP contribution in [0, 0.1) is 0 Å². The van der Waals surface area contributed by atoms with Crippen LogP contribution in [0.1, 0.15) is 30.9 Å². The first kappa shape index (κ1) is 22.4. The van der Waals surface area contributed by atoms with Gasteiger partial charge >= 0.3 is 0 Å². The monoisotopic (exact) mass is 431 g/mol. The maximum Gasteiger partial charge on any atom is 0.276 e. The molecule has 0 fully saturated rings. The smallest absolute Gasteiger partial charge is 0.276 e. The zero-order valence-corrected chi connectivity index (χ0v) is 17.6. The summed E-state index contributed by atoms with van der Waals surface area (Å²) in [5.74, 6) is 0.0580. The van der Waals surface area contributed by atoms with Crippen molar-refractivity contribution in [3.8, 4) is 5.75 Å². The lowest BCUT2D eigenvalue weighted by molar-refractivity contribution is -0.123. The van der Waals surface area contributed by atoms with E-state index in [0.717, 1.165) is 11.1 Å². The third kappa shape index (κ3) is 7.93. The van der Waals surface area contributed by atoms with Crippen molar-refractivity contribution in [3.63, 3.8) is 0 Å². The summed E-state index contributed by atoms with van der Waals surface area (Å²) in [4.78, 5) is 23.8. The van der Waals surface area contributed by atoms with E-state index in [9.17, 15) is 9.59 Å². The molecule has 2 aromatic rings. The third-order valence-corrected chi connectivity index (χ3v) is 4.21. The van der Waals surface area contributed by atoms with Crippen molar-refractivity contribution in [3.05, 3.63) is 70.8 Å². The fourth-order valence-electron chi connectivity index (χ4n) is 2.33. The van der Waals surface area contributed by atoms with Crippen LogP contribution in [-0.2, 0) is 9.59 Å². The van der Waals surface area contributed by atoms with Gasteiger partial charge in [0.1, 0.15) is 5.75 Å². The molecule has 0 bridgehead atoms. The Morgan fingerprint density at radius 2 is 1.79 bits per heavy atom. The number of halogens is 1. The van der Waals surface area contributed by atoms with Crippen LogP contribution in [0.5, 0.6) is 5.75 Å². The summed E-state index contributed by atoms with van der Waals surface area (Å²) >= 11 is 10.8. The van der Waals surface area contributed by atoms with Crippen molar-refractivity contribution in [1.82, 2.24) is 16.2 Å². The van der Waals surface area contributed by atoms with E-state index in [4.69, 9.17) is 28.6 Å². The Hall–Kier alpha value is -2.90. The molecule has 2 rings (SSSR count). The maximum absolute atomic E-state index is 11.9. The summed E-state index contributed by atoms with van der Waals surface area (Å²) in [5.41, 5.74) is 6.67. The van der Waals surface area contributed by atoms with Gasteiger partial charge in [0.15, 0.2) is 11.7 Å². The number of carbonyl (C=O) groups is 2. The first-order valence-electron chi connectivity index (χ1n) is 8.90. The molecule has 0 aromatic heterocycles. The van der Waals surface area contributed by atoms with Crippen LogP contribution in [-0.4, -0.2) is 23.5 Å². The molecule has 6 nitrogen and oxygen atoms in total. The summed E-state index contributed by atoms with van der Waals surface area (Å²) in [6.07, 6.45) is 2.94. The van der Waals surface area contributed by atoms with Crippen molar-refractivity contribution in [2.45, 2.75) is 19.8 Å². The predicted molar refractivity (Wildman–Crippen MR) is 119 cm³/mol. The highest BCUT2D eigenvalue weighted by Gasteiger charge is 2.09. The molecule has 0 aliphatic carbocycles. The first-order chi connectivity index (χ1) is 13.8. The number of para-hydroxylation sites is 1. The van der Waals surface area contributed by atoms with Crippen LogP contribution in [0.3, 0.4) is 0 Å². The van der Waals surface area contributed by atoms with Crippen LogP contribution in [0.15, 0.2) is 54.6 Å². The number of hydrogen-bond acceptors (Lipinski definition) is 4. The number of ether oxygens (including phenoxy) is 1. The maximum atomic E-state index is 11.9. The largest absolute Gasteiger partial charge is 0.483 e. The second-order valence-electron chi connectivity index (χ2n) is 6.36. The van der Waals surface area contributed by atoms with Gasteiger partial charge in [-0.1, -0.05) is 55.8 Å². The van der Waals surface area contributed by atoms with Gasteiger partial charge in [-0.2, -0.15) is 0 Å². The average molecular weight is 432 g/mol. The van der Waals surface area contributed by atoms with Gasteiger partial charge in [0, 0.05) is 11.1 Å². The minimum absolute atomic E-state index is 0.0355. The first-order valence-corrected chi connectivity index (χ1v) is 9.69. The van der Waals surface area contributed by atoms with Gasteiger partial charge in [0.25, 0.3) is 5.91 Å². The Balaban J connectivity index is 1.73. The number of nitrogens with one attached hydrogen (secondary N) is 3. The normalized spacial score (nSPS) is 10.6. The fourth-order valence-corrected chi connectivity index (χ4v) is 2.60. The quantitative estimate of drug-likeness (QED) is 0.370. The summed E-state index contributed by atoms with van der Waals surface area (Å²) in [7, 11) is 0. The standard InChI is InChI=1S/C21H22ClN3O3S/c1-14(2)17-5-3-4-6-18(17)28-13-20(27)24-25-21(29)23-19(26)12-9-15-7-10-16(22)11-8-15/h3-12,14H,13H2,1-2H3,(H,24,27)(H2,23,25,26,29)/b12-9+. The third-order valence-electron chi connectivity index (χ3n) is 3.75. The van der Waals surface area contributed by atoms with Gasteiger partial charge in [-0.25, -0.2) is 0 Å². The van der Waals surface area contributed by atoms with E-state index in [2.05, 4.69) is 16.2 Å². The highest BCUT2D eigenvalue weighted by molar-refractivity contribution is 7.80. The molecular formula is C21H22ClN3O3S. The molecule has 3 N–H and O–H groups in total. The minimum Gasteiger partial charge on any atom is -0.483 e. The van der Waals surface area contributed by atoms with Gasteiger partial charge in [-0.15, -0.1) is 0 Å². The SMILES string of the molecule is CC(C)c1ccccc1OCC(=O)NNC(=S)NC(=O)/C=C/c1ccc(Cl)cc1. The Morgan fingerprint density at radius 3 is 2.48 bits per heavy atom. The van der Waals surface area contributed by atoms with Crippen LogP contribution in [0.4, 0.5) is 0 Å². The highest BCUT2D eigenvalue weighted by Crippen LogP contribution is 2.25. The molecular weight excluding hydrogens is 410 g/mol. The number of carbonyl (C=O) groups excluding carboxylic acids is 2. The molecule has 0 saturated carbocycles. The Kier molecular flexibility index (Phi) is 8.64. The summed E-state index contributed by atoms with van der Waals surface area (Å²) in [5, 5.41) is 3.01. The summed E-state index contributed by atoms with van der Waals surface area (Å²) < 4.78 is 5.57. The number of hydrogen-bond donors (Lipinski definition) is 3. The van der Waals surface area contributed by atoms with Crippen molar-refractivity contribution in [2.75, 3.05) is 6.61 Å². The zero-order chi connectivity index (χ0) is 21.2. The average Bonchev–Trinajstić information content (AvgIpc) is 2.70. The van der Waals surface area contributed by atoms with Gasteiger partial charge in [0.05, 0.1) is 0 Å². The lowest BCUT2D eigenvalue weighted by Gasteiger charge is -2.14. The van der Waals surface area contributed by atoms with Crippen molar-refractivity contribution in [2.24, 2.45) is 0 Å². The van der Waals surface area contributed by atoms with E-state index < -0.39 is 11.8 Å². The number of thiocarbonyl (C=S) groups is 1. The minimum atomic E-state index is -0.436. The Bertz CT molecular complexity index is 898. The molecule has 0 saturated heterocycles. The van der Waals surface area contributed by atoms with Crippen LogP contribution in [0.25, 0.3) is 6.08 Å². The van der Waals surface area contributed by atoms with Crippen molar-refractivity contribution >= 4 is 46.8 Å². The summed E-state index contributed by atoms with van der Waals surface area (Å²) in [6, 6.07) is 14.5. The molecule has 29 heavy (non-hydrogen) atoms. The van der Waals surface area contributed by atoms with E-state index in [1.807, 2.05) is 38.1 Å². The zero-order valence-electron chi connectivity index (χ0n) is 16.1. The highest BCUT2D eigenvalue weighted by atomic mass is 35.5. The van der Waals surface area contributed by atoms with Gasteiger partial charge in [-0.3, -0.25) is 25.8 Å². The van der Waals surface area contributed by atoms with E-state index in [1.165, 1.54) is 6.08 Å². The number of benzene rings is 2. The summed E-state index contributed by atoms with van der Waals surface area (Å²) in [6.45, 7) is 3.91.